The number of carboxylic acid groups (broad SMARTS) is 1. The minimum absolute atomic E-state index is 0.166. The van der Waals surface area contributed by atoms with Gasteiger partial charge in [0, 0.05) is 18.7 Å². The summed E-state index contributed by atoms with van der Waals surface area (Å²) in [5.74, 6) is -1.37. The molecular weight excluding hydrogens is 474 g/mol. The highest BCUT2D eigenvalue weighted by Gasteiger charge is 2.40. The number of carbonyl (C=O) groups is 2. The molecule has 1 atom stereocenters. The molecule has 2 heterocycles. The fourth-order valence-electron chi connectivity index (χ4n) is 5.58. The molecule has 0 spiro atoms. The Morgan fingerprint density at radius 1 is 0.974 bits per heavy atom. The SMILES string of the molecule is Cc1cc(Cn2cnc3c2CC(C(=O)O)N(C(=O)C(c2ccccc2)c2ccccc2)C3)ccc1C(C)C. The third-order valence-electron chi connectivity index (χ3n) is 7.51. The summed E-state index contributed by atoms with van der Waals surface area (Å²) in [6, 6.07) is 24.6. The number of benzene rings is 3. The molecule has 1 aliphatic heterocycles. The van der Waals surface area contributed by atoms with Gasteiger partial charge in [0.05, 0.1) is 24.5 Å². The highest BCUT2D eigenvalue weighted by molar-refractivity contribution is 5.91. The van der Waals surface area contributed by atoms with Crippen LogP contribution < -0.4 is 0 Å². The number of amides is 1. The number of fused-ring (bicyclic) bond motifs is 1. The van der Waals surface area contributed by atoms with Crippen LogP contribution in [0.25, 0.3) is 0 Å². The van der Waals surface area contributed by atoms with Crippen LogP contribution in [0.1, 0.15) is 64.9 Å². The number of hydrogen-bond donors (Lipinski definition) is 1. The minimum Gasteiger partial charge on any atom is -0.480 e. The molecule has 1 N–H and O–H groups in total. The van der Waals surface area contributed by atoms with Crippen molar-refractivity contribution in [3.05, 3.63) is 124 Å². The third kappa shape index (κ3) is 4.99. The molecule has 0 saturated carbocycles. The first-order chi connectivity index (χ1) is 18.3. The van der Waals surface area contributed by atoms with E-state index < -0.39 is 17.9 Å². The third-order valence-corrected chi connectivity index (χ3v) is 7.51. The molecule has 0 aliphatic carbocycles. The lowest BCUT2D eigenvalue weighted by atomic mass is 9.88. The van der Waals surface area contributed by atoms with Gasteiger partial charge in [-0.05, 0) is 40.7 Å². The van der Waals surface area contributed by atoms with Gasteiger partial charge in [0.15, 0.2) is 0 Å². The van der Waals surface area contributed by atoms with Gasteiger partial charge in [0.2, 0.25) is 5.91 Å². The van der Waals surface area contributed by atoms with E-state index in [0.717, 1.165) is 28.1 Å². The molecule has 1 aliphatic rings. The summed E-state index contributed by atoms with van der Waals surface area (Å²) in [6.07, 6.45) is 1.99. The van der Waals surface area contributed by atoms with Crippen LogP contribution in [0.15, 0.2) is 85.2 Å². The highest BCUT2D eigenvalue weighted by atomic mass is 16.4. The molecular formula is C32H33N3O3. The maximum absolute atomic E-state index is 14.1. The van der Waals surface area contributed by atoms with Crippen molar-refractivity contribution in [3.63, 3.8) is 0 Å². The molecule has 4 aromatic rings. The Morgan fingerprint density at radius 2 is 1.61 bits per heavy atom. The second kappa shape index (κ2) is 10.7. The normalized spacial score (nSPS) is 15.1. The van der Waals surface area contributed by atoms with Crippen molar-refractivity contribution >= 4 is 11.9 Å². The van der Waals surface area contributed by atoms with Crippen molar-refractivity contribution in [1.29, 1.82) is 0 Å². The molecule has 6 nitrogen and oxygen atoms in total. The van der Waals surface area contributed by atoms with Crippen molar-refractivity contribution in [3.8, 4) is 0 Å². The number of carboxylic acids is 1. The number of hydrogen-bond acceptors (Lipinski definition) is 3. The number of rotatable bonds is 7. The Bertz CT molecular complexity index is 1400. The van der Waals surface area contributed by atoms with Gasteiger partial charge in [0.25, 0.3) is 0 Å². The zero-order valence-electron chi connectivity index (χ0n) is 22.0. The van der Waals surface area contributed by atoms with Crippen molar-refractivity contribution in [2.45, 2.75) is 58.2 Å². The lowest BCUT2D eigenvalue weighted by molar-refractivity contribution is -0.151. The van der Waals surface area contributed by atoms with Crippen molar-refractivity contribution in [1.82, 2.24) is 14.5 Å². The van der Waals surface area contributed by atoms with Gasteiger partial charge >= 0.3 is 5.97 Å². The van der Waals surface area contributed by atoms with E-state index in [2.05, 4.69) is 44.0 Å². The van der Waals surface area contributed by atoms with E-state index in [1.165, 1.54) is 16.0 Å². The first-order valence-electron chi connectivity index (χ1n) is 13.1. The molecule has 0 saturated heterocycles. The van der Waals surface area contributed by atoms with E-state index in [-0.39, 0.29) is 18.9 Å². The van der Waals surface area contributed by atoms with Crippen LogP contribution in [0, 0.1) is 6.92 Å². The lowest BCUT2D eigenvalue weighted by Gasteiger charge is -2.35. The van der Waals surface area contributed by atoms with Gasteiger partial charge in [0.1, 0.15) is 6.04 Å². The molecule has 38 heavy (non-hydrogen) atoms. The summed E-state index contributed by atoms with van der Waals surface area (Å²) >= 11 is 0. The fourth-order valence-corrected chi connectivity index (χ4v) is 5.58. The average Bonchev–Trinajstić information content (AvgIpc) is 3.30. The summed E-state index contributed by atoms with van der Waals surface area (Å²) < 4.78 is 2.03. The topological polar surface area (TPSA) is 75.4 Å². The van der Waals surface area contributed by atoms with E-state index >= 15 is 0 Å². The molecule has 1 aromatic heterocycles. The number of carbonyl (C=O) groups excluding carboxylic acids is 1. The maximum atomic E-state index is 14.1. The number of aromatic nitrogens is 2. The van der Waals surface area contributed by atoms with E-state index in [1.807, 2.05) is 65.2 Å². The van der Waals surface area contributed by atoms with Crippen molar-refractivity contribution in [2.24, 2.45) is 0 Å². The van der Waals surface area contributed by atoms with Crippen LogP contribution >= 0.6 is 0 Å². The van der Waals surface area contributed by atoms with E-state index in [1.54, 1.807) is 6.33 Å². The number of nitrogens with zero attached hydrogens (tertiary/aromatic N) is 3. The van der Waals surface area contributed by atoms with Crippen LogP contribution in [0.3, 0.4) is 0 Å². The zero-order chi connectivity index (χ0) is 26.8. The van der Waals surface area contributed by atoms with Gasteiger partial charge < -0.3 is 14.6 Å². The highest BCUT2D eigenvalue weighted by Crippen LogP contribution is 2.32. The summed E-state index contributed by atoms with van der Waals surface area (Å²) in [5, 5.41) is 10.2. The average molecular weight is 508 g/mol. The van der Waals surface area contributed by atoms with Gasteiger partial charge in [-0.3, -0.25) is 4.79 Å². The van der Waals surface area contributed by atoms with Crippen LogP contribution in [-0.4, -0.2) is 37.5 Å². The van der Waals surface area contributed by atoms with Gasteiger partial charge in [-0.25, -0.2) is 9.78 Å². The molecule has 1 unspecified atom stereocenters. The minimum atomic E-state index is -1.01. The van der Waals surface area contributed by atoms with Gasteiger partial charge in [-0.2, -0.15) is 0 Å². The van der Waals surface area contributed by atoms with Crippen LogP contribution in [-0.2, 0) is 29.1 Å². The Kier molecular flexibility index (Phi) is 7.14. The lowest BCUT2D eigenvalue weighted by Crippen LogP contribution is -2.50. The van der Waals surface area contributed by atoms with Crippen LogP contribution in [0.4, 0.5) is 0 Å². The fraction of sp³-hybridized carbons (Fsp3) is 0.281. The maximum Gasteiger partial charge on any atom is 0.326 e. The Hall–Kier alpha value is -4.19. The quantitative estimate of drug-likeness (QED) is 0.357. The zero-order valence-corrected chi connectivity index (χ0v) is 22.0. The van der Waals surface area contributed by atoms with Crippen molar-refractivity contribution < 1.29 is 14.7 Å². The Balaban J connectivity index is 1.46. The summed E-state index contributed by atoms with van der Waals surface area (Å²) in [5.41, 5.74) is 7.03. The molecule has 6 heteroatoms. The first kappa shape index (κ1) is 25.5. The largest absolute Gasteiger partial charge is 0.480 e. The smallest absolute Gasteiger partial charge is 0.326 e. The van der Waals surface area contributed by atoms with Gasteiger partial charge in [-0.15, -0.1) is 0 Å². The van der Waals surface area contributed by atoms with Crippen LogP contribution in [0.5, 0.6) is 0 Å². The van der Waals surface area contributed by atoms with Gasteiger partial charge in [-0.1, -0.05) is 92.7 Å². The summed E-state index contributed by atoms with van der Waals surface area (Å²) in [7, 11) is 0. The van der Waals surface area contributed by atoms with E-state index in [9.17, 15) is 14.7 Å². The second-order valence-electron chi connectivity index (χ2n) is 10.4. The van der Waals surface area contributed by atoms with Crippen molar-refractivity contribution in [2.75, 3.05) is 0 Å². The molecule has 5 rings (SSSR count). The number of imidazole rings is 1. The molecule has 0 bridgehead atoms. The monoisotopic (exact) mass is 507 g/mol. The van der Waals surface area contributed by atoms with E-state index in [4.69, 9.17) is 0 Å². The molecule has 3 aromatic carbocycles. The van der Waals surface area contributed by atoms with E-state index in [0.29, 0.717) is 12.5 Å². The second-order valence-corrected chi connectivity index (χ2v) is 10.4. The standard InChI is InChI=1S/C32H33N3O3/c1-21(2)26-15-14-23(16-22(26)3)18-34-20-33-27-19-35(29(32(37)38)17-28(27)34)31(36)30(24-10-6-4-7-11-24)25-12-8-5-9-13-25/h4-16,20-21,29-30H,17-19H2,1-3H3,(H,37,38). The predicted molar refractivity (Wildman–Crippen MR) is 147 cm³/mol. The summed E-state index contributed by atoms with van der Waals surface area (Å²) in [6.45, 7) is 7.28. The molecule has 1 amide bonds. The molecule has 0 radical (unpaired) electrons. The predicted octanol–water partition coefficient (Wildman–Crippen LogP) is 5.53. The Morgan fingerprint density at radius 3 is 2.16 bits per heavy atom. The Labute approximate surface area is 223 Å². The first-order valence-corrected chi connectivity index (χ1v) is 13.1. The van der Waals surface area contributed by atoms with Crippen LogP contribution in [0.2, 0.25) is 0 Å². The summed E-state index contributed by atoms with van der Waals surface area (Å²) in [4.78, 5) is 32.7. The molecule has 194 valence electrons. The number of aryl methyl sites for hydroxylation is 1. The molecule has 0 fully saturated rings. The number of aliphatic carboxylic acids is 1.